The Hall–Kier alpha value is -4.64. The number of hydrogen-bond donors (Lipinski definition) is 1. The fourth-order valence-corrected chi connectivity index (χ4v) is 4.16. The molecule has 2 aromatic carbocycles. The average molecular weight is 466 g/mol. The SMILES string of the molecule is [C-]#[N+]c1ccc(-c2cnc(Nc3cc(C(=O)N4CCCC4)ccc3C)o2)cc1-n1ccccc1=O. The van der Waals surface area contributed by atoms with Crippen LogP contribution in [0.4, 0.5) is 17.4 Å². The second-order valence-corrected chi connectivity index (χ2v) is 8.41. The molecule has 0 aliphatic carbocycles. The normalized spacial score (nSPS) is 13.0. The van der Waals surface area contributed by atoms with Gasteiger partial charge >= 0.3 is 0 Å². The highest BCUT2D eigenvalue weighted by Gasteiger charge is 2.20. The van der Waals surface area contributed by atoms with Crippen LogP contribution in [0.25, 0.3) is 21.9 Å². The molecule has 1 saturated heterocycles. The predicted molar refractivity (Wildman–Crippen MR) is 133 cm³/mol. The summed E-state index contributed by atoms with van der Waals surface area (Å²) in [6.07, 6.45) is 5.29. The van der Waals surface area contributed by atoms with Crippen molar-refractivity contribution < 1.29 is 9.21 Å². The Labute approximate surface area is 202 Å². The van der Waals surface area contributed by atoms with Gasteiger partial charge in [-0.1, -0.05) is 24.3 Å². The minimum absolute atomic E-state index is 0.0298. The second kappa shape index (κ2) is 9.31. The number of benzene rings is 2. The lowest BCUT2D eigenvalue weighted by Gasteiger charge is -2.16. The van der Waals surface area contributed by atoms with Crippen LogP contribution in [0.2, 0.25) is 0 Å². The Morgan fingerprint density at radius 3 is 2.71 bits per heavy atom. The average Bonchev–Trinajstić information content (AvgIpc) is 3.58. The maximum absolute atomic E-state index is 12.8. The van der Waals surface area contributed by atoms with Crippen LogP contribution in [0, 0.1) is 13.5 Å². The third kappa shape index (κ3) is 4.44. The van der Waals surface area contributed by atoms with Crippen molar-refractivity contribution in [1.29, 1.82) is 0 Å². The van der Waals surface area contributed by atoms with E-state index in [1.54, 1.807) is 42.7 Å². The third-order valence-electron chi connectivity index (χ3n) is 6.09. The van der Waals surface area contributed by atoms with E-state index in [4.69, 9.17) is 11.0 Å². The van der Waals surface area contributed by atoms with Crippen LogP contribution in [0.3, 0.4) is 0 Å². The van der Waals surface area contributed by atoms with Crippen molar-refractivity contribution in [3.8, 4) is 17.0 Å². The molecule has 174 valence electrons. The number of likely N-dealkylation sites (tertiary alicyclic amines) is 1. The summed E-state index contributed by atoms with van der Waals surface area (Å²) >= 11 is 0. The van der Waals surface area contributed by atoms with Crippen molar-refractivity contribution in [2.75, 3.05) is 18.4 Å². The number of oxazole rings is 1. The number of rotatable bonds is 5. The van der Waals surface area contributed by atoms with Crippen LogP contribution >= 0.6 is 0 Å². The van der Waals surface area contributed by atoms with Crippen molar-refractivity contribution in [2.45, 2.75) is 19.8 Å². The molecule has 1 aliphatic heterocycles. The summed E-state index contributed by atoms with van der Waals surface area (Å²) in [6.45, 7) is 11.0. The summed E-state index contributed by atoms with van der Waals surface area (Å²) in [5, 5.41) is 3.17. The molecule has 1 N–H and O–H groups in total. The monoisotopic (exact) mass is 465 g/mol. The molecule has 8 nitrogen and oxygen atoms in total. The van der Waals surface area contributed by atoms with Crippen molar-refractivity contribution in [3.63, 3.8) is 0 Å². The standard InChI is InChI=1S/C27H23N5O3/c1-18-8-9-20(26(34)31-12-5-6-13-31)15-22(18)30-27-29-17-24(35-27)19-10-11-21(28-2)23(16-19)32-14-4-3-7-25(32)33/h3-4,7-11,14-17H,5-6,12-13H2,1H3,(H,29,30). The van der Waals surface area contributed by atoms with E-state index in [1.165, 1.54) is 10.6 Å². The van der Waals surface area contributed by atoms with E-state index in [-0.39, 0.29) is 17.5 Å². The third-order valence-corrected chi connectivity index (χ3v) is 6.09. The van der Waals surface area contributed by atoms with Gasteiger partial charge in [-0.15, -0.1) is 0 Å². The molecule has 0 saturated carbocycles. The Balaban J connectivity index is 1.42. The van der Waals surface area contributed by atoms with Gasteiger partial charge in [-0.3, -0.25) is 14.2 Å². The summed E-state index contributed by atoms with van der Waals surface area (Å²) in [5.74, 6) is 0.512. The number of aryl methyl sites for hydroxylation is 1. The smallest absolute Gasteiger partial charge is 0.299 e. The zero-order valence-corrected chi connectivity index (χ0v) is 19.2. The maximum atomic E-state index is 12.8. The molecule has 1 fully saturated rings. The summed E-state index contributed by atoms with van der Waals surface area (Å²) in [4.78, 5) is 34.9. The van der Waals surface area contributed by atoms with Crippen LogP contribution in [0.1, 0.15) is 28.8 Å². The fraction of sp³-hybridized carbons (Fsp3) is 0.185. The Morgan fingerprint density at radius 1 is 1.11 bits per heavy atom. The largest absolute Gasteiger partial charge is 0.423 e. The second-order valence-electron chi connectivity index (χ2n) is 8.41. The Morgan fingerprint density at radius 2 is 1.94 bits per heavy atom. The summed E-state index contributed by atoms with van der Waals surface area (Å²) < 4.78 is 7.37. The first-order chi connectivity index (χ1) is 17.0. The molecule has 8 heteroatoms. The van der Waals surface area contributed by atoms with Crippen LogP contribution in [0.5, 0.6) is 0 Å². The van der Waals surface area contributed by atoms with Crippen LogP contribution in [-0.2, 0) is 0 Å². The lowest BCUT2D eigenvalue weighted by molar-refractivity contribution is 0.0793. The number of anilines is 2. The first-order valence-electron chi connectivity index (χ1n) is 11.4. The van der Waals surface area contributed by atoms with Gasteiger partial charge in [0.1, 0.15) is 0 Å². The van der Waals surface area contributed by atoms with E-state index >= 15 is 0 Å². The number of carbonyl (C=O) groups excluding carboxylic acids is 1. The molecule has 0 spiro atoms. The number of amides is 1. The molecule has 1 amide bonds. The topological polar surface area (TPSA) is 84.7 Å². The van der Waals surface area contributed by atoms with Crippen LogP contribution in [0.15, 0.2) is 76.2 Å². The van der Waals surface area contributed by atoms with Gasteiger partial charge in [0.15, 0.2) is 5.76 Å². The van der Waals surface area contributed by atoms with Gasteiger partial charge < -0.3 is 14.6 Å². The highest BCUT2D eigenvalue weighted by molar-refractivity contribution is 5.95. The molecule has 0 unspecified atom stereocenters. The van der Waals surface area contributed by atoms with Crippen molar-refractivity contribution in [2.24, 2.45) is 0 Å². The van der Waals surface area contributed by atoms with E-state index in [0.29, 0.717) is 28.3 Å². The van der Waals surface area contributed by atoms with Gasteiger partial charge in [0.05, 0.1) is 18.5 Å². The van der Waals surface area contributed by atoms with E-state index in [1.807, 2.05) is 30.0 Å². The number of pyridine rings is 1. The molecule has 0 bridgehead atoms. The molecular weight excluding hydrogens is 442 g/mol. The van der Waals surface area contributed by atoms with E-state index < -0.39 is 0 Å². The van der Waals surface area contributed by atoms with Crippen molar-refractivity contribution in [1.82, 2.24) is 14.5 Å². The van der Waals surface area contributed by atoms with E-state index in [0.717, 1.165) is 37.2 Å². The lowest BCUT2D eigenvalue weighted by Crippen LogP contribution is -2.27. The van der Waals surface area contributed by atoms with Gasteiger partial charge in [0.25, 0.3) is 17.5 Å². The van der Waals surface area contributed by atoms with Crippen LogP contribution in [-0.4, -0.2) is 33.4 Å². The van der Waals surface area contributed by atoms with Crippen LogP contribution < -0.4 is 10.9 Å². The minimum atomic E-state index is -0.228. The Kier molecular flexibility index (Phi) is 5.90. The van der Waals surface area contributed by atoms with Gasteiger partial charge in [0.2, 0.25) is 5.69 Å². The molecule has 2 aromatic heterocycles. The summed E-state index contributed by atoms with van der Waals surface area (Å²) in [5.41, 5.74) is 3.59. The summed E-state index contributed by atoms with van der Waals surface area (Å²) in [7, 11) is 0. The number of nitrogens with one attached hydrogen (secondary N) is 1. The lowest BCUT2D eigenvalue weighted by atomic mass is 10.1. The highest BCUT2D eigenvalue weighted by atomic mass is 16.4. The molecule has 35 heavy (non-hydrogen) atoms. The number of aromatic nitrogens is 2. The van der Waals surface area contributed by atoms with Gasteiger partial charge in [-0.25, -0.2) is 9.83 Å². The van der Waals surface area contributed by atoms with Gasteiger partial charge in [0, 0.05) is 42.2 Å². The molecule has 0 atom stereocenters. The highest BCUT2D eigenvalue weighted by Crippen LogP contribution is 2.31. The molecule has 0 radical (unpaired) electrons. The van der Waals surface area contributed by atoms with E-state index in [9.17, 15) is 9.59 Å². The number of carbonyl (C=O) groups is 1. The molecular formula is C27H23N5O3. The zero-order valence-electron chi connectivity index (χ0n) is 19.2. The van der Waals surface area contributed by atoms with Crippen molar-refractivity contribution in [3.05, 3.63) is 99.9 Å². The quantitative estimate of drug-likeness (QED) is 0.403. The number of hydrogen-bond acceptors (Lipinski definition) is 5. The fourth-order valence-electron chi connectivity index (χ4n) is 4.16. The zero-order chi connectivity index (χ0) is 24.4. The predicted octanol–water partition coefficient (Wildman–Crippen LogP) is 5.33. The summed E-state index contributed by atoms with van der Waals surface area (Å²) in [6, 6.07) is 15.8. The maximum Gasteiger partial charge on any atom is 0.299 e. The van der Waals surface area contributed by atoms with Gasteiger partial charge in [-0.05, 0) is 49.6 Å². The van der Waals surface area contributed by atoms with E-state index in [2.05, 4.69) is 15.1 Å². The minimum Gasteiger partial charge on any atom is -0.423 e. The number of nitrogens with zero attached hydrogens (tertiary/aromatic N) is 4. The van der Waals surface area contributed by atoms with Crippen molar-refractivity contribution >= 4 is 23.3 Å². The van der Waals surface area contributed by atoms with Gasteiger partial charge in [-0.2, -0.15) is 0 Å². The molecule has 5 rings (SSSR count). The first kappa shape index (κ1) is 22.2. The molecule has 1 aliphatic rings. The Bertz CT molecular complexity index is 1510. The first-order valence-corrected chi connectivity index (χ1v) is 11.4. The molecule has 3 heterocycles. The molecule has 4 aromatic rings.